The molecular formula is C14H14ClNO4. The zero-order valence-electron chi connectivity index (χ0n) is 11.4. The molecular weight excluding hydrogens is 282 g/mol. The fourth-order valence-corrected chi connectivity index (χ4v) is 2.13. The number of carbonyl (C=O) groups excluding carboxylic acids is 1. The molecule has 2 aromatic rings. The van der Waals surface area contributed by atoms with E-state index in [4.69, 9.17) is 21.1 Å². The Balaban J connectivity index is 2.60. The van der Waals surface area contributed by atoms with Gasteiger partial charge in [-0.25, -0.2) is 4.98 Å². The van der Waals surface area contributed by atoms with Crippen LogP contribution in [0.3, 0.4) is 0 Å². The van der Waals surface area contributed by atoms with Crippen molar-refractivity contribution < 1.29 is 19.0 Å². The number of nitrogens with zero attached hydrogens (tertiary/aromatic N) is 1. The highest BCUT2D eigenvalue weighted by molar-refractivity contribution is 6.35. The van der Waals surface area contributed by atoms with Gasteiger partial charge in [-0.3, -0.25) is 4.79 Å². The first-order chi connectivity index (χ1) is 9.58. The van der Waals surface area contributed by atoms with E-state index in [9.17, 15) is 4.79 Å². The Labute approximate surface area is 121 Å². The average molecular weight is 296 g/mol. The molecule has 0 aliphatic heterocycles. The Kier molecular flexibility index (Phi) is 4.29. The van der Waals surface area contributed by atoms with Crippen molar-refractivity contribution in [2.75, 3.05) is 21.3 Å². The van der Waals surface area contributed by atoms with Gasteiger partial charge in [0.05, 0.1) is 38.5 Å². The minimum Gasteiger partial charge on any atom is -0.497 e. The van der Waals surface area contributed by atoms with Crippen LogP contribution < -0.4 is 9.47 Å². The number of hydrogen-bond acceptors (Lipinski definition) is 5. The number of rotatable bonds is 4. The number of methoxy groups -OCH3 is 3. The van der Waals surface area contributed by atoms with E-state index in [2.05, 4.69) is 9.72 Å². The van der Waals surface area contributed by atoms with Crippen molar-refractivity contribution in [3.63, 3.8) is 0 Å². The summed E-state index contributed by atoms with van der Waals surface area (Å²) >= 11 is 6.24. The van der Waals surface area contributed by atoms with E-state index in [1.807, 2.05) is 0 Å². The zero-order chi connectivity index (χ0) is 14.7. The number of aromatic nitrogens is 1. The molecule has 0 radical (unpaired) electrons. The SMILES string of the molecule is COC(=O)Cc1cc(Cl)c2cc(OC)cc(OC)c2n1. The van der Waals surface area contributed by atoms with Crippen molar-refractivity contribution >= 4 is 28.5 Å². The third kappa shape index (κ3) is 2.77. The van der Waals surface area contributed by atoms with Gasteiger partial charge in [-0.1, -0.05) is 11.6 Å². The lowest BCUT2D eigenvalue weighted by atomic mass is 10.1. The van der Waals surface area contributed by atoms with Gasteiger partial charge in [0.2, 0.25) is 0 Å². The monoisotopic (exact) mass is 295 g/mol. The summed E-state index contributed by atoms with van der Waals surface area (Å²) < 4.78 is 15.1. The van der Waals surface area contributed by atoms with Crippen LogP contribution in [0.1, 0.15) is 5.69 Å². The molecule has 0 bridgehead atoms. The lowest BCUT2D eigenvalue weighted by Crippen LogP contribution is -2.06. The highest BCUT2D eigenvalue weighted by atomic mass is 35.5. The molecule has 20 heavy (non-hydrogen) atoms. The van der Waals surface area contributed by atoms with Crippen LogP contribution in [0.15, 0.2) is 18.2 Å². The molecule has 0 unspecified atom stereocenters. The summed E-state index contributed by atoms with van der Waals surface area (Å²) in [5.41, 5.74) is 1.11. The quantitative estimate of drug-likeness (QED) is 0.812. The van der Waals surface area contributed by atoms with Gasteiger partial charge in [-0.05, 0) is 12.1 Å². The summed E-state index contributed by atoms with van der Waals surface area (Å²) in [7, 11) is 4.43. The summed E-state index contributed by atoms with van der Waals surface area (Å²) in [6.07, 6.45) is 0.0569. The Morgan fingerprint density at radius 2 is 1.95 bits per heavy atom. The lowest BCUT2D eigenvalue weighted by molar-refractivity contribution is -0.139. The minimum atomic E-state index is -0.375. The zero-order valence-corrected chi connectivity index (χ0v) is 12.2. The topological polar surface area (TPSA) is 57.7 Å². The van der Waals surface area contributed by atoms with Gasteiger partial charge in [0, 0.05) is 11.5 Å². The standard InChI is InChI=1S/C14H14ClNO4/c1-18-9-6-10-11(15)4-8(5-13(17)20-3)16-14(10)12(7-9)19-2/h4,6-7H,5H2,1-3H3. The smallest absolute Gasteiger partial charge is 0.311 e. The summed E-state index contributed by atoms with van der Waals surface area (Å²) in [5, 5.41) is 1.18. The molecule has 0 atom stereocenters. The maximum absolute atomic E-state index is 11.3. The molecule has 0 spiro atoms. The molecule has 0 fully saturated rings. The molecule has 6 heteroatoms. The Morgan fingerprint density at radius 3 is 2.55 bits per heavy atom. The van der Waals surface area contributed by atoms with Crippen LogP contribution >= 0.6 is 11.6 Å². The van der Waals surface area contributed by atoms with Gasteiger partial charge in [-0.2, -0.15) is 0 Å². The maximum Gasteiger partial charge on any atom is 0.311 e. The van der Waals surface area contributed by atoms with Gasteiger partial charge in [0.25, 0.3) is 0 Å². The van der Waals surface area contributed by atoms with Crippen LogP contribution in [0.4, 0.5) is 0 Å². The number of fused-ring (bicyclic) bond motifs is 1. The number of carbonyl (C=O) groups is 1. The summed E-state index contributed by atoms with van der Waals surface area (Å²) in [5.74, 6) is 0.784. The average Bonchev–Trinajstić information content (AvgIpc) is 2.46. The predicted molar refractivity (Wildman–Crippen MR) is 75.6 cm³/mol. The molecule has 0 N–H and O–H groups in total. The molecule has 0 saturated heterocycles. The van der Waals surface area contributed by atoms with E-state index < -0.39 is 0 Å². The molecule has 0 aliphatic rings. The molecule has 1 aromatic carbocycles. The van der Waals surface area contributed by atoms with E-state index in [0.717, 1.165) is 0 Å². The first-order valence-corrected chi connectivity index (χ1v) is 6.24. The van der Waals surface area contributed by atoms with Crippen molar-refractivity contribution in [3.05, 3.63) is 28.9 Å². The van der Waals surface area contributed by atoms with Gasteiger partial charge >= 0.3 is 5.97 Å². The van der Waals surface area contributed by atoms with E-state index in [1.165, 1.54) is 14.2 Å². The Hall–Kier alpha value is -2.01. The molecule has 2 rings (SSSR count). The molecule has 0 aliphatic carbocycles. The van der Waals surface area contributed by atoms with Crippen LogP contribution in [-0.2, 0) is 16.0 Å². The molecule has 0 saturated carbocycles. The van der Waals surface area contributed by atoms with Crippen molar-refractivity contribution in [1.82, 2.24) is 4.98 Å². The van der Waals surface area contributed by atoms with Gasteiger partial charge in [0.15, 0.2) is 0 Å². The van der Waals surface area contributed by atoms with Crippen LogP contribution in [0.5, 0.6) is 11.5 Å². The Morgan fingerprint density at radius 1 is 1.20 bits per heavy atom. The fraction of sp³-hybridized carbons (Fsp3) is 0.286. The van der Waals surface area contributed by atoms with Crippen molar-refractivity contribution in [3.8, 4) is 11.5 Å². The minimum absolute atomic E-state index is 0.0569. The third-order valence-electron chi connectivity index (χ3n) is 2.86. The highest BCUT2D eigenvalue weighted by Gasteiger charge is 2.13. The van der Waals surface area contributed by atoms with Crippen LogP contribution in [-0.4, -0.2) is 32.3 Å². The van der Waals surface area contributed by atoms with E-state index >= 15 is 0 Å². The Bertz CT molecular complexity index is 657. The molecule has 1 aromatic heterocycles. The molecule has 5 nitrogen and oxygen atoms in total. The first kappa shape index (κ1) is 14.4. The van der Waals surface area contributed by atoms with Crippen LogP contribution in [0.2, 0.25) is 5.02 Å². The van der Waals surface area contributed by atoms with E-state index in [1.54, 1.807) is 25.3 Å². The second-order valence-electron chi connectivity index (χ2n) is 4.07. The van der Waals surface area contributed by atoms with Gasteiger partial charge < -0.3 is 14.2 Å². The van der Waals surface area contributed by atoms with Crippen molar-refractivity contribution in [1.29, 1.82) is 0 Å². The predicted octanol–water partition coefficient (Wildman–Crippen LogP) is 2.62. The van der Waals surface area contributed by atoms with Gasteiger partial charge in [0.1, 0.15) is 17.0 Å². The van der Waals surface area contributed by atoms with Crippen molar-refractivity contribution in [2.24, 2.45) is 0 Å². The second-order valence-corrected chi connectivity index (χ2v) is 4.48. The molecule has 1 heterocycles. The van der Waals surface area contributed by atoms with Crippen LogP contribution in [0.25, 0.3) is 10.9 Å². The number of esters is 1. The summed E-state index contributed by atoms with van der Waals surface area (Å²) in [6.45, 7) is 0. The number of hydrogen-bond donors (Lipinski definition) is 0. The first-order valence-electron chi connectivity index (χ1n) is 5.87. The number of halogens is 1. The third-order valence-corrected chi connectivity index (χ3v) is 3.18. The second kappa shape index (κ2) is 5.96. The maximum atomic E-state index is 11.3. The molecule has 0 amide bonds. The summed E-state index contributed by atoms with van der Waals surface area (Å²) in [4.78, 5) is 15.7. The van der Waals surface area contributed by atoms with E-state index in [-0.39, 0.29) is 12.4 Å². The largest absolute Gasteiger partial charge is 0.497 e. The van der Waals surface area contributed by atoms with Crippen LogP contribution in [0, 0.1) is 0 Å². The summed E-state index contributed by atoms with van der Waals surface area (Å²) in [6, 6.07) is 5.13. The van der Waals surface area contributed by atoms with E-state index in [0.29, 0.717) is 33.1 Å². The fourth-order valence-electron chi connectivity index (χ4n) is 1.86. The number of ether oxygens (including phenoxy) is 3. The molecule has 106 valence electrons. The van der Waals surface area contributed by atoms with Crippen molar-refractivity contribution in [2.45, 2.75) is 6.42 Å². The highest BCUT2D eigenvalue weighted by Crippen LogP contribution is 2.34. The lowest BCUT2D eigenvalue weighted by Gasteiger charge is -2.10. The van der Waals surface area contributed by atoms with Gasteiger partial charge in [-0.15, -0.1) is 0 Å². The normalized spacial score (nSPS) is 10.4. The number of benzene rings is 1. The number of pyridine rings is 1.